The molecule has 3 saturated heterocycles. The molecule has 11 heteroatoms. The lowest BCUT2D eigenvalue weighted by Gasteiger charge is -2.43. The van der Waals surface area contributed by atoms with Gasteiger partial charge in [-0.3, -0.25) is 9.59 Å². The summed E-state index contributed by atoms with van der Waals surface area (Å²) in [4.78, 5) is 32.7. The monoisotopic (exact) mass is 689 g/mol. The van der Waals surface area contributed by atoms with Crippen LogP contribution in [0.4, 0.5) is 0 Å². The van der Waals surface area contributed by atoms with E-state index in [1.807, 2.05) is 18.2 Å². The van der Waals surface area contributed by atoms with Crippen LogP contribution >= 0.6 is 0 Å². The lowest BCUT2D eigenvalue weighted by Crippen LogP contribution is -2.58. The van der Waals surface area contributed by atoms with Gasteiger partial charge in [-0.05, 0) is 107 Å². The second kappa shape index (κ2) is 13.0. The van der Waals surface area contributed by atoms with E-state index < -0.39 is 21.5 Å². The first kappa shape index (κ1) is 34.1. The molecule has 2 aromatic carbocycles. The van der Waals surface area contributed by atoms with Crippen molar-refractivity contribution in [2.75, 3.05) is 40.3 Å². The molecule has 4 aliphatic rings. The zero-order valence-electron chi connectivity index (χ0n) is 29.6. The number of fused-ring (bicyclic) bond motifs is 3. The number of carbonyl (C=O) groups excluding carboxylic acids is 2. The van der Waals surface area contributed by atoms with E-state index in [2.05, 4.69) is 59.0 Å². The van der Waals surface area contributed by atoms with Crippen LogP contribution < -0.4 is 9.46 Å². The molecule has 0 radical (unpaired) electrons. The number of carbonyl (C=O) groups is 2. The predicted molar refractivity (Wildman–Crippen MR) is 192 cm³/mol. The van der Waals surface area contributed by atoms with Gasteiger partial charge in [0.15, 0.2) is 0 Å². The average Bonchev–Trinajstić information content (AvgIpc) is 3.49. The summed E-state index contributed by atoms with van der Waals surface area (Å²) in [5.41, 5.74) is 4.86. The van der Waals surface area contributed by atoms with E-state index in [9.17, 15) is 18.0 Å². The van der Waals surface area contributed by atoms with E-state index in [-0.39, 0.29) is 23.6 Å². The Morgan fingerprint density at radius 3 is 2.24 bits per heavy atom. The number of rotatable bonds is 9. The highest BCUT2D eigenvalue weighted by molar-refractivity contribution is 7.87. The molecule has 3 aliphatic heterocycles. The molecule has 10 nitrogen and oxygen atoms in total. The van der Waals surface area contributed by atoms with Gasteiger partial charge >= 0.3 is 10.2 Å². The number of piperazine rings is 1. The minimum Gasteiger partial charge on any atom is -0.497 e. The van der Waals surface area contributed by atoms with Crippen molar-refractivity contribution in [1.29, 1.82) is 0 Å². The van der Waals surface area contributed by atoms with Crippen molar-refractivity contribution in [3.05, 3.63) is 53.1 Å². The molecular formula is C38H51N5O5S. The van der Waals surface area contributed by atoms with E-state index in [1.165, 1.54) is 16.3 Å². The molecule has 49 heavy (non-hydrogen) atoms. The molecule has 1 aliphatic carbocycles. The molecular weight excluding hydrogens is 639 g/mol. The summed E-state index contributed by atoms with van der Waals surface area (Å²) in [6.07, 6.45) is 8.53. The summed E-state index contributed by atoms with van der Waals surface area (Å²) < 4.78 is 37.2. The van der Waals surface area contributed by atoms with Crippen molar-refractivity contribution in [2.24, 2.45) is 5.41 Å². The predicted octanol–water partition coefficient (Wildman–Crippen LogP) is 5.68. The molecule has 0 spiro atoms. The highest BCUT2D eigenvalue weighted by Crippen LogP contribution is 2.47. The Bertz CT molecular complexity index is 1860. The zero-order chi connectivity index (χ0) is 34.7. The first-order valence-electron chi connectivity index (χ1n) is 18.0. The van der Waals surface area contributed by atoms with Crippen LogP contribution in [-0.2, 0) is 21.5 Å². The number of nitrogens with one attached hydrogen (secondary N) is 1. The fourth-order valence-corrected chi connectivity index (χ4v) is 10.1. The first-order valence-corrected chi connectivity index (χ1v) is 19.5. The maximum absolute atomic E-state index is 14.6. The standard InChI is InChI=1S/C38H51N5O5S/c1-25-20-30(48-5)15-17-31(25)35-34(26-10-7-6-8-11-26)32-16-12-27(36(44)39-49(46,47)41-18-9-19-41)21-33(32)42(35)24-38(2,3)37(45)43-28-13-14-29(43)23-40(4)22-28/h12,15-17,20-21,26,28-29H,6-11,13-14,18-19,22-24H2,1-5H3,(H,39,44). The van der Waals surface area contributed by atoms with E-state index in [0.29, 0.717) is 25.6 Å². The third kappa shape index (κ3) is 6.27. The fourth-order valence-electron chi connectivity index (χ4n) is 8.83. The van der Waals surface area contributed by atoms with Gasteiger partial charge in [0.1, 0.15) is 5.75 Å². The van der Waals surface area contributed by atoms with Crippen LogP contribution in [-0.4, -0.2) is 91.3 Å². The number of nitrogens with zero attached hydrogens (tertiary/aromatic N) is 4. The second-order valence-corrected chi connectivity index (χ2v) is 17.2. The van der Waals surface area contributed by atoms with Crippen LogP contribution in [0.15, 0.2) is 36.4 Å². The molecule has 4 fully saturated rings. The Hall–Kier alpha value is -3.41. The molecule has 2 atom stereocenters. The van der Waals surface area contributed by atoms with Crippen molar-refractivity contribution in [1.82, 2.24) is 23.4 Å². The molecule has 4 heterocycles. The van der Waals surface area contributed by atoms with Crippen molar-refractivity contribution >= 4 is 32.9 Å². The largest absolute Gasteiger partial charge is 0.497 e. The molecule has 1 aromatic heterocycles. The van der Waals surface area contributed by atoms with Gasteiger partial charge in [-0.2, -0.15) is 12.7 Å². The van der Waals surface area contributed by atoms with E-state index in [1.54, 1.807) is 13.2 Å². The Kier molecular flexibility index (Phi) is 9.07. The zero-order valence-corrected chi connectivity index (χ0v) is 30.4. The molecule has 2 unspecified atom stereocenters. The second-order valence-electron chi connectivity index (χ2n) is 15.5. The number of hydrogen-bond acceptors (Lipinski definition) is 6. The van der Waals surface area contributed by atoms with E-state index in [0.717, 1.165) is 91.5 Å². The number of ether oxygens (including phenoxy) is 1. The van der Waals surface area contributed by atoms with Gasteiger partial charge < -0.3 is 19.1 Å². The Morgan fingerprint density at radius 2 is 1.63 bits per heavy atom. The van der Waals surface area contributed by atoms with E-state index >= 15 is 0 Å². The van der Waals surface area contributed by atoms with Gasteiger partial charge in [0.05, 0.1) is 18.2 Å². The first-order chi connectivity index (χ1) is 23.4. The Morgan fingerprint density at radius 1 is 0.939 bits per heavy atom. The fraction of sp³-hybridized carbons (Fsp3) is 0.579. The number of likely N-dealkylation sites (N-methyl/N-ethyl adjacent to an activating group) is 1. The third-order valence-corrected chi connectivity index (χ3v) is 13.0. The van der Waals surface area contributed by atoms with Crippen molar-refractivity contribution < 1.29 is 22.7 Å². The number of likely N-dealkylation sites (tertiary alicyclic amines) is 1. The summed E-state index contributed by atoms with van der Waals surface area (Å²) >= 11 is 0. The quantitative estimate of drug-likeness (QED) is 0.310. The maximum Gasteiger partial charge on any atom is 0.304 e. The molecule has 2 amide bonds. The van der Waals surface area contributed by atoms with E-state index in [4.69, 9.17) is 4.74 Å². The lowest BCUT2D eigenvalue weighted by atomic mass is 9.81. The minimum atomic E-state index is -3.91. The van der Waals surface area contributed by atoms with Crippen molar-refractivity contribution in [3.8, 4) is 17.0 Å². The molecule has 1 saturated carbocycles. The van der Waals surface area contributed by atoms with Crippen LogP contribution in [0, 0.1) is 12.3 Å². The number of amides is 2. The number of methoxy groups -OCH3 is 1. The number of hydrogen-bond donors (Lipinski definition) is 1. The molecule has 1 N–H and O–H groups in total. The number of aromatic nitrogens is 1. The van der Waals surface area contributed by atoms with Crippen molar-refractivity contribution in [2.45, 2.75) is 96.7 Å². The highest BCUT2D eigenvalue weighted by Gasteiger charge is 2.46. The lowest BCUT2D eigenvalue weighted by molar-refractivity contribution is -0.146. The Balaban J connectivity index is 1.38. The number of benzene rings is 2. The summed E-state index contributed by atoms with van der Waals surface area (Å²) in [5, 5.41) is 1.06. The van der Waals surface area contributed by atoms with Gasteiger partial charge in [-0.25, -0.2) is 4.72 Å². The average molecular weight is 690 g/mol. The summed E-state index contributed by atoms with van der Waals surface area (Å²) in [5.74, 6) is 0.632. The maximum atomic E-state index is 14.6. The van der Waals surface area contributed by atoms with Crippen LogP contribution in [0.3, 0.4) is 0 Å². The molecule has 3 aromatic rings. The smallest absolute Gasteiger partial charge is 0.304 e. The topological polar surface area (TPSA) is 104 Å². The minimum absolute atomic E-state index is 0.168. The number of aryl methyl sites for hydroxylation is 1. The van der Waals surface area contributed by atoms with Gasteiger partial charge in [0.2, 0.25) is 5.91 Å². The van der Waals surface area contributed by atoms with Gasteiger partial charge in [0.25, 0.3) is 5.91 Å². The van der Waals surface area contributed by atoms with Gasteiger partial charge in [-0.15, -0.1) is 0 Å². The normalized spacial score (nSPS) is 22.3. The summed E-state index contributed by atoms with van der Waals surface area (Å²) in [6, 6.07) is 12.2. The summed E-state index contributed by atoms with van der Waals surface area (Å²) in [7, 11) is -0.0934. The van der Waals surface area contributed by atoms with Crippen LogP contribution in [0.1, 0.15) is 92.6 Å². The van der Waals surface area contributed by atoms with Gasteiger partial charge in [0, 0.05) is 66.8 Å². The highest BCUT2D eigenvalue weighted by atomic mass is 32.2. The van der Waals surface area contributed by atoms with Crippen LogP contribution in [0.2, 0.25) is 0 Å². The van der Waals surface area contributed by atoms with Crippen molar-refractivity contribution in [3.63, 3.8) is 0 Å². The van der Waals surface area contributed by atoms with Crippen LogP contribution in [0.5, 0.6) is 5.75 Å². The van der Waals surface area contributed by atoms with Crippen LogP contribution in [0.25, 0.3) is 22.2 Å². The SMILES string of the molecule is COc1ccc(-c2c(C3CCCCC3)c3ccc(C(=O)NS(=O)(=O)N4CCC4)cc3n2CC(C)(C)C(=O)N2C3CCC2CN(C)C3)c(C)c1. The molecule has 7 rings (SSSR count). The summed E-state index contributed by atoms with van der Waals surface area (Å²) in [6.45, 7) is 9.24. The third-order valence-electron chi connectivity index (χ3n) is 11.5. The molecule has 2 bridgehead atoms. The Labute approximate surface area is 290 Å². The molecule has 264 valence electrons. The van der Waals surface area contributed by atoms with Gasteiger partial charge in [-0.1, -0.05) is 25.3 Å².